The fourth-order valence-corrected chi connectivity index (χ4v) is 1.45. The van der Waals surface area contributed by atoms with Gasteiger partial charge in [-0.15, -0.1) is 0 Å². The zero-order valence-corrected chi connectivity index (χ0v) is 9.61. The SMILES string of the molecule is CC(O)CC(C)NC(=O)c1c[nH]c(=O)[nH]c1=O. The van der Waals surface area contributed by atoms with Gasteiger partial charge >= 0.3 is 5.69 Å². The second-order valence-corrected chi connectivity index (χ2v) is 3.94. The minimum Gasteiger partial charge on any atom is -0.393 e. The van der Waals surface area contributed by atoms with Crippen LogP contribution in [0.15, 0.2) is 15.8 Å². The summed E-state index contributed by atoms with van der Waals surface area (Å²) < 4.78 is 0. The van der Waals surface area contributed by atoms with Crippen molar-refractivity contribution in [2.75, 3.05) is 0 Å². The molecule has 1 rings (SSSR count). The van der Waals surface area contributed by atoms with Crippen molar-refractivity contribution in [3.63, 3.8) is 0 Å². The number of rotatable bonds is 4. The molecule has 1 aromatic heterocycles. The van der Waals surface area contributed by atoms with Crippen molar-refractivity contribution in [3.05, 3.63) is 32.6 Å². The topological polar surface area (TPSA) is 115 Å². The molecule has 2 atom stereocenters. The smallest absolute Gasteiger partial charge is 0.325 e. The van der Waals surface area contributed by atoms with Crippen LogP contribution in [-0.4, -0.2) is 33.1 Å². The average Bonchev–Trinajstić information content (AvgIpc) is 2.15. The summed E-state index contributed by atoms with van der Waals surface area (Å²) in [4.78, 5) is 37.9. The first kappa shape index (κ1) is 13.2. The summed E-state index contributed by atoms with van der Waals surface area (Å²) in [5, 5.41) is 11.7. The molecule has 4 N–H and O–H groups in total. The first-order valence-electron chi connectivity index (χ1n) is 5.21. The van der Waals surface area contributed by atoms with E-state index in [2.05, 4.69) is 10.3 Å². The number of hydrogen-bond acceptors (Lipinski definition) is 4. The van der Waals surface area contributed by atoms with Crippen LogP contribution in [0, 0.1) is 0 Å². The van der Waals surface area contributed by atoms with Gasteiger partial charge in [-0.3, -0.25) is 14.6 Å². The van der Waals surface area contributed by atoms with Gasteiger partial charge in [0.1, 0.15) is 5.56 Å². The molecular formula is C10H15N3O4. The van der Waals surface area contributed by atoms with Crippen LogP contribution in [0.25, 0.3) is 0 Å². The summed E-state index contributed by atoms with van der Waals surface area (Å²) in [6, 6.07) is -0.270. The van der Waals surface area contributed by atoms with Crippen LogP contribution in [0.2, 0.25) is 0 Å². The van der Waals surface area contributed by atoms with Crippen molar-refractivity contribution in [2.45, 2.75) is 32.4 Å². The number of aliphatic hydroxyl groups excluding tert-OH is 1. The highest BCUT2D eigenvalue weighted by Gasteiger charge is 2.14. The van der Waals surface area contributed by atoms with Gasteiger partial charge in [-0.1, -0.05) is 0 Å². The van der Waals surface area contributed by atoms with Crippen LogP contribution in [0.3, 0.4) is 0 Å². The van der Waals surface area contributed by atoms with E-state index in [4.69, 9.17) is 5.11 Å². The molecule has 0 aromatic carbocycles. The lowest BCUT2D eigenvalue weighted by Crippen LogP contribution is -2.38. The Morgan fingerprint density at radius 3 is 2.65 bits per heavy atom. The molecule has 1 amide bonds. The van der Waals surface area contributed by atoms with Crippen molar-refractivity contribution in [3.8, 4) is 0 Å². The summed E-state index contributed by atoms with van der Waals surface area (Å²) >= 11 is 0. The van der Waals surface area contributed by atoms with Gasteiger partial charge in [0.15, 0.2) is 0 Å². The van der Waals surface area contributed by atoms with E-state index in [0.29, 0.717) is 6.42 Å². The minimum absolute atomic E-state index is 0.165. The predicted molar refractivity (Wildman–Crippen MR) is 60.9 cm³/mol. The molecule has 0 radical (unpaired) electrons. The number of H-pyrrole nitrogens is 2. The molecule has 7 nitrogen and oxygen atoms in total. The summed E-state index contributed by atoms with van der Waals surface area (Å²) in [6.07, 6.45) is 0.901. The first-order valence-corrected chi connectivity index (χ1v) is 5.21. The van der Waals surface area contributed by atoms with Gasteiger partial charge in [0, 0.05) is 12.2 Å². The minimum atomic E-state index is -0.740. The summed E-state index contributed by atoms with van der Waals surface area (Å²) in [5.74, 6) is -0.587. The predicted octanol–water partition coefficient (Wildman–Crippen LogP) is -1.05. The van der Waals surface area contributed by atoms with Gasteiger partial charge in [0.05, 0.1) is 6.10 Å². The van der Waals surface area contributed by atoms with Crippen LogP contribution >= 0.6 is 0 Å². The number of carbonyl (C=O) groups excluding carboxylic acids is 1. The summed E-state index contributed by atoms with van der Waals surface area (Å²) in [7, 11) is 0. The van der Waals surface area contributed by atoms with Gasteiger partial charge in [0.2, 0.25) is 0 Å². The van der Waals surface area contributed by atoms with E-state index in [0.717, 1.165) is 6.20 Å². The zero-order valence-electron chi connectivity index (χ0n) is 9.61. The second-order valence-electron chi connectivity index (χ2n) is 3.94. The number of amides is 1. The second kappa shape index (κ2) is 5.44. The van der Waals surface area contributed by atoms with E-state index >= 15 is 0 Å². The quantitative estimate of drug-likeness (QED) is 0.538. The van der Waals surface area contributed by atoms with E-state index in [-0.39, 0.29) is 11.6 Å². The Kier molecular flexibility index (Phi) is 4.22. The van der Waals surface area contributed by atoms with E-state index in [1.165, 1.54) is 0 Å². The third-order valence-corrected chi connectivity index (χ3v) is 2.14. The third kappa shape index (κ3) is 3.87. The Hall–Kier alpha value is -1.89. The lowest BCUT2D eigenvalue weighted by Gasteiger charge is -2.14. The number of nitrogens with one attached hydrogen (secondary N) is 3. The standard InChI is InChI=1S/C10H15N3O4/c1-5(3-6(2)14)12-8(15)7-4-11-10(17)13-9(7)16/h4-6,14H,3H2,1-2H3,(H,12,15)(H2,11,13,16,17). The molecule has 2 unspecified atom stereocenters. The normalized spacial score (nSPS) is 14.1. The number of aromatic amines is 2. The summed E-state index contributed by atoms with van der Waals surface area (Å²) in [5.41, 5.74) is -1.57. The van der Waals surface area contributed by atoms with Crippen LogP contribution in [0.1, 0.15) is 30.6 Å². The molecule has 0 spiro atoms. The van der Waals surface area contributed by atoms with E-state index in [9.17, 15) is 14.4 Å². The Labute approximate surface area is 96.9 Å². The molecule has 94 valence electrons. The van der Waals surface area contributed by atoms with Crippen molar-refractivity contribution in [1.29, 1.82) is 0 Å². The molecule has 1 heterocycles. The van der Waals surface area contributed by atoms with Crippen molar-refractivity contribution >= 4 is 5.91 Å². The number of aromatic nitrogens is 2. The van der Waals surface area contributed by atoms with Crippen molar-refractivity contribution in [1.82, 2.24) is 15.3 Å². The molecule has 0 aliphatic carbocycles. The van der Waals surface area contributed by atoms with E-state index in [1.807, 2.05) is 4.98 Å². The number of carbonyl (C=O) groups is 1. The highest BCUT2D eigenvalue weighted by Crippen LogP contribution is 1.97. The van der Waals surface area contributed by atoms with Gasteiger partial charge in [-0.2, -0.15) is 0 Å². The monoisotopic (exact) mass is 241 g/mol. The molecule has 0 bridgehead atoms. The third-order valence-electron chi connectivity index (χ3n) is 2.14. The molecule has 0 saturated heterocycles. The molecule has 0 fully saturated rings. The Balaban J connectivity index is 2.77. The highest BCUT2D eigenvalue weighted by molar-refractivity contribution is 5.93. The van der Waals surface area contributed by atoms with Gasteiger partial charge < -0.3 is 15.4 Å². The first-order chi connectivity index (χ1) is 7.90. The fraction of sp³-hybridized carbons (Fsp3) is 0.500. The molecule has 1 aromatic rings. The van der Waals surface area contributed by atoms with E-state index < -0.39 is 23.3 Å². The Bertz CT molecular complexity index is 503. The van der Waals surface area contributed by atoms with Crippen molar-refractivity contribution in [2.24, 2.45) is 0 Å². The molecule has 0 aliphatic heterocycles. The molecule has 7 heteroatoms. The maximum atomic E-state index is 11.6. The van der Waals surface area contributed by atoms with Gasteiger partial charge in [-0.05, 0) is 20.3 Å². The molecule has 17 heavy (non-hydrogen) atoms. The summed E-state index contributed by atoms with van der Waals surface area (Å²) in [6.45, 7) is 3.32. The lowest BCUT2D eigenvalue weighted by molar-refractivity contribution is 0.0921. The van der Waals surface area contributed by atoms with Crippen LogP contribution in [-0.2, 0) is 0 Å². The van der Waals surface area contributed by atoms with Crippen molar-refractivity contribution < 1.29 is 9.90 Å². The van der Waals surface area contributed by atoms with Gasteiger partial charge in [0.25, 0.3) is 11.5 Å². The molecule has 0 aliphatic rings. The zero-order chi connectivity index (χ0) is 13.0. The maximum absolute atomic E-state index is 11.6. The van der Waals surface area contributed by atoms with E-state index in [1.54, 1.807) is 13.8 Å². The number of aliphatic hydroxyl groups is 1. The Morgan fingerprint density at radius 1 is 1.47 bits per heavy atom. The van der Waals surface area contributed by atoms with Gasteiger partial charge in [-0.25, -0.2) is 4.79 Å². The fourth-order valence-electron chi connectivity index (χ4n) is 1.45. The Morgan fingerprint density at radius 2 is 2.12 bits per heavy atom. The number of hydrogen-bond donors (Lipinski definition) is 4. The molecule has 0 saturated carbocycles. The molecular weight excluding hydrogens is 226 g/mol. The van der Waals surface area contributed by atoms with Crippen LogP contribution < -0.4 is 16.6 Å². The lowest BCUT2D eigenvalue weighted by atomic mass is 10.1. The van der Waals surface area contributed by atoms with Crippen LogP contribution in [0.4, 0.5) is 0 Å². The average molecular weight is 241 g/mol. The highest BCUT2D eigenvalue weighted by atomic mass is 16.3. The largest absolute Gasteiger partial charge is 0.393 e. The van der Waals surface area contributed by atoms with Crippen LogP contribution in [0.5, 0.6) is 0 Å². The maximum Gasteiger partial charge on any atom is 0.325 e.